The van der Waals surface area contributed by atoms with Gasteiger partial charge in [-0.2, -0.15) is 0 Å². The third kappa shape index (κ3) is 7.51. The third-order valence-corrected chi connectivity index (χ3v) is 8.08. The fraction of sp³-hybridized carbons (Fsp3) is 0.0938. The zero-order valence-electron chi connectivity index (χ0n) is 20.2. The number of thioether (sulfide) groups is 2. The number of hydrogen-bond acceptors (Lipinski definition) is 4. The molecule has 0 atom stereocenters. The maximum atomic E-state index is 13.7. The first kappa shape index (κ1) is 25.6. The SMILES string of the molecule is COc1ccc(C(C(=O)/C=C/c2ccccc2)=C(SCc2ccccc2)SCc2ccccc2)cc1. The van der Waals surface area contributed by atoms with E-state index in [2.05, 4.69) is 48.5 Å². The van der Waals surface area contributed by atoms with E-state index in [1.165, 1.54) is 11.1 Å². The second-order valence-corrected chi connectivity index (χ2v) is 10.3. The molecule has 0 N–H and O–H groups in total. The van der Waals surface area contributed by atoms with Crippen molar-refractivity contribution < 1.29 is 9.53 Å². The minimum atomic E-state index is -0.0138. The zero-order valence-corrected chi connectivity index (χ0v) is 21.8. The number of methoxy groups -OCH3 is 1. The van der Waals surface area contributed by atoms with Crippen molar-refractivity contribution >= 4 is 41.0 Å². The highest BCUT2D eigenvalue weighted by Crippen LogP contribution is 2.40. The van der Waals surface area contributed by atoms with E-state index in [0.717, 1.165) is 32.6 Å². The summed E-state index contributed by atoms with van der Waals surface area (Å²) in [7, 11) is 1.65. The summed E-state index contributed by atoms with van der Waals surface area (Å²) >= 11 is 3.43. The molecule has 0 amide bonds. The van der Waals surface area contributed by atoms with Crippen LogP contribution in [0.15, 0.2) is 126 Å². The summed E-state index contributed by atoms with van der Waals surface area (Å²) in [5.74, 6) is 2.32. The van der Waals surface area contributed by atoms with Gasteiger partial charge in [-0.1, -0.05) is 109 Å². The van der Waals surface area contributed by atoms with Gasteiger partial charge >= 0.3 is 0 Å². The lowest BCUT2D eigenvalue weighted by Crippen LogP contribution is -2.01. The molecule has 0 bridgehead atoms. The Morgan fingerprint density at radius 1 is 0.694 bits per heavy atom. The van der Waals surface area contributed by atoms with E-state index in [-0.39, 0.29) is 5.78 Å². The first-order valence-corrected chi connectivity index (χ1v) is 13.7. The van der Waals surface area contributed by atoms with Crippen molar-refractivity contribution in [3.63, 3.8) is 0 Å². The van der Waals surface area contributed by atoms with Gasteiger partial charge in [0.15, 0.2) is 5.78 Å². The van der Waals surface area contributed by atoms with Crippen molar-refractivity contribution in [2.75, 3.05) is 7.11 Å². The molecule has 180 valence electrons. The van der Waals surface area contributed by atoms with Gasteiger partial charge in [0.1, 0.15) is 5.75 Å². The molecule has 0 aromatic heterocycles. The molecule has 0 aliphatic rings. The predicted molar refractivity (Wildman–Crippen MR) is 156 cm³/mol. The van der Waals surface area contributed by atoms with Crippen LogP contribution in [0.1, 0.15) is 22.3 Å². The molecular weight excluding hydrogens is 480 g/mol. The Hall–Kier alpha value is -3.47. The van der Waals surface area contributed by atoms with Crippen molar-refractivity contribution in [1.82, 2.24) is 0 Å². The van der Waals surface area contributed by atoms with Gasteiger partial charge in [0.2, 0.25) is 0 Å². The lowest BCUT2D eigenvalue weighted by molar-refractivity contribution is -0.109. The molecule has 4 aromatic rings. The number of ether oxygens (including phenoxy) is 1. The Balaban J connectivity index is 1.72. The van der Waals surface area contributed by atoms with Crippen molar-refractivity contribution in [2.24, 2.45) is 0 Å². The highest BCUT2D eigenvalue weighted by atomic mass is 32.2. The normalized spacial score (nSPS) is 10.8. The van der Waals surface area contributed by atoms with Gasteiger partial charge in [-0.05, 0) is 40.5 Å². The van der Waals surface area contributed by atoms with E-state index in [9.17, 15) is 4.79 Å². The molecule has 36 heavy (non-hydrogen) atoms. The number of hydrogen-bond donors (Lipinski definition) is 0. The summed E-state index contributed by atoms with van der Waals surface area (Å²) in [5.41, 5.74) is 5.04. The van der Waals surface area contributed by atoms with Crippen LogP contribution in [-0.4, -0.2) is 12.9 Å². The third-order valence-electron chi connectivity index (χ3n) is 5.48. The maximum Gasteiger partial charge on any atom is 0.188 e. The average Bonchev–Trinajstić information content (AvgIpc) is 2.95. The Morgan fingerprint density at radius 2 is 1.19 bits per heavy atom. The molecule has 0 unspecified atom stereocenters. The molecule has 4 rings (SSSR count). The summed E-state index contributed by atoms with van der Waals surface area (Å²) in [6, 6.07) is 38.4. The Morgan fingerprint density at radius 3 is 1.69 bits per heavy atom. The van der Waals surface area contributed by atoms with E-state index in [4.69, 9.17) is 4.74 Å². The fourth-order valence-corrected chi connectivity index (χ4v) is 5.96. The van der Waals surface area contributed by atoms with Gasteiger partial charge in [0, 0.05) is 17.1 Å². The predicted octanol–water partition coefficient (Wildman–Crippen LogP) is 8.51. The quantitative estimate of drug-likeness (QED) is 0.190. The number of rotatable bonds is 11. The van der Waals surface area contributed by atoms with E-state index < -0.39 is 0 Å². The number of benzene rings is 4. The van der Waals surface area contributed by atoms with Gasteiger partial charge in [0.25, 0.3) is 0 Å². The van der Waals surface area contributed by atoms with Crippen molar-refractivity contribution in [3.05, 3.63) is 148 Å². The molecule has 4 heteroatoms. The van der Waals surface area contributed by atoms with Crippen molar-refractivity contribution in [2.45, 2.75) is 11.5 Å². The number of allylic oxidation sites excluding steroid dienone is 2. The molecule has 0 heterocycles. The summed E-state index contributed by atoms with van der Waals surface area (Å²) in [4.78, 5) is 13.7. The van der Waals surface area contributed by atoms with Gasteiger partial charge in [0.05, 0.1) is 11.3 Å². The topological polar surface area (TPSA) is 26.3 Å². The van der Waals surface area contributed by atoms with E-state index >= 15 is 0 Å². The van der Waals surface area contributed by atoms with Crippen LogP contribution >= 0.6 is 23.5 Å². The maximum absolute atomic E-state index is 13.7. The summed E-state index contributed by atoms with van der Waals surface area (Å²) < 4.78 is 6.37. The zero-order chi connectivity index (χ0) is 25.0. The first-order chi connectivity index (χ1) is 17.7. The van der Waals surface area contributed by atoms with Crippen LogP contribution in [0.3, 0.4) is 0 Å². The number of ketones is 1. The van der Waals surface area contributed by atoms with E-state index in [0.29, 0.717) is 5.57 Å². The standard InChI is InChI=1S/C32H28O2S2/c1-34-29-20-18-28(19-21-29)31(30(33)22-17-25-11-5-2-6-12-25)32(35-23-26-13-7-3-8-14-26)36-24-27-15-9-4-10-16-27/h2-22H,23-24H2,1H3/b22-17+. The van der Waals surface area contributed by atoms with Crippen LogP contribution in [0.5, 0.6) is 5.75 Å². The summed E-state index contributed by atoms with van der Waals surface area (Å²) in [6.07, 6.45) is 3.56. The Kier molecular flexibility index (Phi) is 9.66. The van der Waals surface area contributed by atoms with Gasteiger partial charge in [-0.3, -0.25) is 4.79 Å². The molecule has 0 aliphatic heterocycles. The monoisotopic (exact) mass is 508 g/mol. The smallest absolute Gasteiger partial charge is 0.188 e. The van der Waals surface area contributed by atoms with Gasteiger partial charge in [-0.15, -0.1) is 23.5 Å². The van der Waals surface area contributed by atoms with Crippen molar-refractivity contribution in [3.8, 4) is 5.75 Å². The van der Waals surface area contributed by atoms with Crippen LogP contribution < -0.4 is 4.74 Å². The molecule has 0 aliphatic carbocycles. The molecule has 0 radical (unpaired) electrons. The molecule has 2 nitrogen and oxygen atoms in total. The molecule has 0 saturated carbocycles. The second-order valence-electron chi connectivity index (χ2n) is 8.05. The molecular formula is C32H28O2S2. The molecule has 4 aromatic carbocycles. The van der Waals surface area contributed by atoms with Crippen LogP contribution in [0, 0.1) is 0 Å². The first-order valence-electron chi connectivity index (χ1n) is 11.7. The minimum Gasteiger partial charge on any atom is -0.497 e. The van der Waals surface area contributed by atoms with Gasteiger partial charge in [-0.25, -0.2) is 0 Å². The molecule has 0 fully saturated rings. The largest absolute Gasteiger partial charge is 0.497 e. The fourth-order valence-electron chi connectivity index (χ4n) is 3.57. The summed E-state index contributed by atoms with van der Waals surface area (Å²) in [5, 5.41) is 0. The average molecular weight is 509 g/mol. The van der Waals surface area contributed by atoms with E-state index in [1.54, 1.807) is 36.7 Å². The number of carbonyl (C=O) groups is 1. The van der Waals surface area contributed by atoms with Crippen molar-refractivity contribution in [1.29, 1.82) is 0 Å². The van der Waals surface area contributed by atoms with Crippen LogP contribution in [-0.2, 0) is 16.3 Å². The van der Waals surface area contributed by atoms with Crippen LogP contribution in [0.25, 0.3) is 11.6 Å². The number of carbonyl (C=O) groups excluding carboxylic acids is 1. The van der Waals surface area contributed by atoms with E-state index in [1.807, 2.05) is 72.8 Å². The second kappa shape index (κ2) is 13.6. The molecule has 0 saturated heterocycles. The van der Waals surface area contributed by atoms with Crippen LogP contribution in [0.2, 0.25) is 0 Å². The Labute approximate surface area is 222 Å². The lowest BCUT2D eigenvalue weighted by Gasteiger charge is -2.14. The van der Waals surface area contributed by atoms with Gasteiger partial charge < -0.3 is 4.74 Å². The lowest BCUT2D eigenvalue weighted by atomic mass is 10.0. The minimum absolute atomic E-state index is 0.0138. The Bertz CT molecular complexity index is 1250. The molecule has 0 spiro atoms. The highest BCUT2D eigenvalue weighted by Gasteiger charge is 2.18. The van der Waals surface area contributed by atoms with Crippen LogP contribution in [0.4, 0.5) is 0 Å². The highest BCUT2D eigenvalue weighted by molar-refractivity contribution is 8.21. The summed E-state index contributed by atoms with van der Waals surface area (Å²) in [6.45, 7) is 0.